The van der Waals surface area contributed by atoms with Crippen molar-refractivity contribution in [3.8, 4) is 0 Å². The molecule has 0 aliphatic heterocycles. The summed E-state index contributed by atoms with van der Waals surface area (Å²) in [5, 5.41) is 0. The Bertz CT molecular complexity index is 779. The van der Waals surface area contributed by atoms with Gasteiger partial charge in [0.2, 0.25) is 0 Å². The molecule has 0 unspecified atom stereocenters. The number of aromatic amines is 2. The highest BCUT2D eigenvalue weighted by Crippen LogP contribution is 2.14. The molecule has 22 heavy (non-hydrogen) atoms. The number of H-pyrrole nitrogens is 2. The molecule has 2 aromatic heterocycles. The molecule has 0 saturated carbocycles. The molecule has 2 heterocycles. The monoisotopic (exact) mass is 291 g/mol. The van der Waals surface area contributed by atoms with Crippen LogP contribution in [-0.4, -0.2) is 31.9 Å². The molecule has 0 spiro atoms. The third-order valence-electron chi connectivity index (χ3n) is 3.72. The van der Waals surface area contributed by atoms with E-state index in [0.717, 1.165) is 46.8 Å². The van der Waals surface area contributed by atoms with Crippen LogP contribution in [0.25, 0.3) is 22.1 Å². The zero-order valence-electron chi connectivity index (χ0n) is 12.4. The maximum absolute atomic E-state index is 4.61. The van der Waals surface area contributed by atoms with Gasteiger partial charge >= 0.3 is 0 Å². The molecule has 2 aromatic carbocycles. The molecule has 0 fully saturated rings. The van der Waals surface area contributed by atoms with E-state index in [4.69, 9.17) is 0 Å². The lowest BCUT2D eigenvalue weighted by atomic mass is 10.3. The van der Waals surface area contributed by atoms with Gasteiger partial charge in [-0.15, -0.1) is 0 Å². The highest BCUT2D eigenvalue weighted by atomic mass is 15.1. The SMILES string of the molecule is CN(Cc1nc2ccccc2[nH]1)Cc1nc2ccccc2[nH]1. The topological polar surface area (TPSA) is 60.6 Å². The van der Waals surface area contributed by atoms with E-state index < -0.39 is 0 Å². The Balaban J connectivity index is 1.50. The first-order valence-corrected chi connectivity index (χ1v) is 7.34. The maximum atomic E-state index is 4.61. The summed E-state index contributed by atoms with van der Waals surface area (Å²) in [6.45, 7) is 1.51. The number of imidazole rings is 2. The summed E-state index contributed by atoms with van der Waals surface area (Å²) in [6.07, 6.45) is 0. The number of para-hydroxylation sites is 4. The first kappa shape index (κ1) is 13.0. The second-order valence-corrected chi connectivity index (χ2v) is 5.57. The Labute approximate surface area is 128 Å². The smallest absolute Gasteiger partial charge is 0.121 e. The fourth-order valence-corrected chi connectivity index (χ4v) is 2.73. The molecule has 0 aliphatic rings. The van der Waals surface area contributed by atoms with Gasteiger partial charge in [-0.2, -0.15) is 0 Å². The predicted octanol–water partition coefficient (Wildman–Crippen LogP) is 3.07. The van der Waals surface area contributed by atoms with Crippen LogP contribution in [0.2, 0.25) is 0 Å². The summed E-state index contributed by atoms with van der Waals surface area (Å²) < 4.78 is 0. The van der Waals surface area contributed by atoms with Gasteiger partial charge in [-0.3, -0.25) is 4.90 Å². The van der Waals surface area contributed by atoms with E-state index in [9.17, 15) is 0 Å². The van der Waals surface area contributed by atoms with E-state index in [1.165, 1.54) is 0 Å². The molecule has 0 atom stereocenters. The minimum atomic E-state index is 0.756. The third kappa shape index (κ3) is 2.46. The van der Waals surface area contributed by atoms with E-state index in [1.54, 1.807) is 0 Å². The second-order valence-electron chi connectivity index (χ2n) is 5.57. The van der Waals surface area contributed by atoms with Crippen molar-refractivity contribution >= 4 is 22.1 Å². The van der Waals surface area contributed by atoms with Gasteiger partial charge < -0.3 is 9.97 Å². The Morgan fingerprint density at radius 1 is 0.773 bits per heavy atom. The van der Waals surface area contributed by atoms with Crippen molar-refractivity contribution in [1.82, 2.24) is 24.8 Å². The molecule has 0 bridgehead atoms. The van der Waals surface area contributed by atoms with Gasteiger partial charge in [0.25, 0.3) is 0 Å². The molecule has 4 aromatic rings. The number of nitrogens with one attached hydrogen (secondary N) is 2. The summed E-state index contributed by atoms with van der Waals surface area (Å²) in [6, 6.07) is 16.2. The molecular weight excluding hydrogens is 274 g/mol. The van der Waals surface area contributed by atoms with Crippen molar-refractivity contribution in [2.75, 3.05) is 7.05 Å². The Hall–Kier alpha value is -2.66. The van der Waals surface area contributed by atoms with Crippen molar-refractivity contribution < 1.29 is 0 Å². The number of hydrogen-bond donors (Lipinski definition) is 2. The van der Waals surface area contributed by atoms with Crippen molar-refractivity contribution in [3.63, 3.8) is 0 Å². The first-order valence-electron chi connectivity index (χ1n) is 7.34. The third-order valence-corrected chi connectivity index (χ3v) is 3.72. The van der Waals surface area contributed by atoms with Gasteiger partial charge in [0.05, 0.1) is 35.2 Å². The summed E-state index contributed by atoms with van der Waals surface area (Å²) in [4.78, 5) is 18.1. The minimum Gasteiger partial charge on any atom is -0.341 e. The zero-order valence-corrected chi connectivity index (χ0v) is 12.4. The highest BCUT2D eigenvalue weighted by molar-refractivity contribution is 5.75. The standard InChI is InChI=1S/C17H17N5/c1-22(10-16-18-12-6-2-3-7-13(12)19-16)11-17-20-14-8-4-5-9-15(14)21-17/h2-9H,10-11H2,1H3,(H,18,19)(H,20,21). The molecular formula is C17H17N5. The van der Waals surface area contributed by atoms with Crippen LogP contribution in [0.5, 0.6) is 0 Å². The minimum absolute atomic E-state index is 0.756. The largest absolute Gasteiger partial charge is 0.341 e. The molecule has 5 heteroatoms. The Kier molecular flexibility index (Phi) is 3.12. The normalized spacial score (nSPS) is 11.7. The summed E-state index contributed by atoms with van der Waals surface area (Å²) in [5.74, 6) is 1.94. The van der Waals surface area contributed by atoms with E-state index >= 15 is 0 Å². The number of hydrogen-bond acceptors (Lipinski definition) is 3. The van der Waals surface area contributed by atoms with E-state index in [1.807, 2.05) is 48.5 Å². The molecule has 0 aliphatic carbocycles. The van der Waals surface area contributed by atoms with E-state index in [2.05, 4.69) is 31.9 Å². The molecule has 4 rings (SSSR count). The second kappa shape index (κ2) is 5.27. The Morgan fingerprint density at radius 2 is 1.23 bits per heavy atom. The van der Waals surface area contributed by atoms with Gasteiger partial charge in [0.1, 0.15) is 11.6 Å². The number of fused-ring (bicyclic) bond motifs is 2. The van der Waals surface area contributed by atoms with Gasteiger partial charge in [-0.05, 0) is 31.3 Å². The fraction of sp³-hybridized carbons (Fsp3) is 0.176. The van der Waals surface area contributed by atoms with Gasteiger partial charge in [0.15, 0.2) is 0 Å². The summed E-state index contributed by atoms with van der Waals surface area (Å²) in [5.41, 5.74) is 4.17. The van der Waals surface area contributed by atoms with Crippen molar-refractivity contribution in [2.45, 2.75) is 13.1 Å². The van der Waals surface area contributed by atoms with Crippen LogP contribution >= 0.6 is 0 Å². The molecule has 0 amide bonds. The number of benzene rings is 2. The molecule has 5 nitrogen and oxygen atoms in total. The fourth-order valence-electron chi connectivity index (χ4n) is 2.73. The van der Waals surface area contributed by atoms with E-state index in [0.29, 0.717) is 0 Å². The van der Waals surface area contributed by atoms with Crippen LogP contribution < -0.4 is 0 Å². The molecule has 0 radical (unpaired) electrons. The van der Waals surface area contributed by atoms with Crippen molar-refractivity contribution in [2.24, 2.45) is 0 Å². The van der Waals surface area contributed by atoms with Gasteiger partial charge in [0, 0.05) is 0 Å². The van der Waals surface area contributed by atoms with Crippen LogP contribution in [0.3, 0.4) is 0 Å². The number of nitrogens with zero attached hydrogens (tertiary/aromatic N) is 3. The average Bonchev–Trinajstić information content (AvgIpc) is 3.08. The van der Waals surface area contributed by atoms with Crippen LogP contribution in [0.1, 0.15) is 11.6 Å². The predicted molar refractivity (Wildman–Crippen MR) is 87.4 cm³/mol. The van der Waals surface area contributed by atoms with Crippen LogP contribution in [0.4, 0.5) is 0 Å². The van der Waals surface area contributed by atoms with Gasteiger partial charge in [-0.25, -0.2) is 9.97 Å². The maximum Gasteiger partial charge on any atom is 0.121 e. The van der Waals surface area contributed by atoms with Crippen LogP contribution in [-0.2, 0) is 13.1 Å². The lowest BCUT2D eigenvalue weighted by Crippen LogP contribution is -2.18. The highest BCUT2D eigenvalue weighted by Gasteiger charge is 2.09. The Morgan fingerprint density at radius 3 is 1.68 bits per heavy atom. The van der Waals surface area contributed by atoms with Gasteiger partial charge in [-0.1, -0.05) is 24.3 Å². The molecule has 110 valence electrons. The summed E-state index contributed by atoms with van der Waals surface area (Å²) >= 11 is 0. The van der Waals surface area contributed by atoms with Crippen molar-refractivity contribution in [1.29, 1.82) is 0 Å². The lowest BCUT2D eigenvalue weighted by molar-refractivity contribution is 0.305. The molecule has 0 saturated heterocycles. The average molecular weight is 291 g/mol. The quantitative estimate of drug-likeness (QED) is 0.607. The molecule has 2 N–H and O–H groups in total. The van der Waals surface area contributed by atoms with Crippen LogP contribution in [0.15, 0.2) is 48.5 Å². The number of rotatable bonds is 4. The zero-order chi connectivity index (χ0) is 14.9. The van der Waals surface area contributed by atoms with Crippen LogP contribution in [0, 0.1) is 0 Å². The first-order chi connectivity index (χ1) is 10.8. The number of aromatic nitrogens is 4. The van der Waals surface area contributed by atoms with Crippen molar-refractivity contribution in [3.05, 3.63) is 60.2 Å². The summed E-state index contributed by atoms with van der Waals surface area (Å²) in [7, 11) is 2.07. The van der Waals surface area contributed by atoms with E-state index in [-0.39, 0.29) is 0 Å². The lowest BCUT2D eigenvalue weighted by Gasteiger charge is -2.12.